The Hall–Kier alpha value is -4.91. The number of carbonyl (C=O) groups is 5. The molecule has 13 heteroatoms. The van der Waals surface area contributed by atoms with E-state index in [1.165, 1.54) is 11.1 Å². The molecule has 4 heterocycles. The number of piperidine rings is 1. The fourth-order valence-corrected chi connectivity index (χ4v) is 5.64. The molecule has 0 saturated carbocycles. The van der Waals surface area contributed by atoms with E-state index in [-0.39, 0.29) is 29.9 Å². The molecule has 0 aliphatic carbocycles. The van der Waals surface area contributed by atoms with Crippen molar-refractivity contribution in [3.05, 3.63) is 108 Å². The number of benzene rings is 3. The molecule has 8 amide bonds. The number of rotatable bonds is 6. The van der Waals surface area contributed by atoms with Crippen LogP contribution in [0.1, 0.15) is 29.5 Å². The summed E-state index contributed by atoms with van der Waals surface area (Å²) < 4.78 is 0. The summed E-state index contributed by atoms with van der Waals surface area (Å²) in [5.41, 5.74) is 3.57. The number of urea groups is 3. The van der Waals surface area contributed by atoms with Crippen LogP contribution in [0.25, 0.3) is 0 Å². The van der Waals surface area contributed by atoms with Crippen molar-refractivity contribution >= 4 is 45.8 Å². The highest BCUT2D eigenvalue weighted by atomic mass is 79.9. The number of imide groups is 1. The second-order valence-corrected chi connectivity index (χ2v) is 11.9. The van der Waals surface area contributed by atoms with Crippen LogP contribution in [-0.4, -0.2) is 89.9 Å². The van der Waals surface area contributed by atoms with E-state index in [2.05, 4.69) is 49.3 Å². The van der Waals surface area contributed by atoms with Gasteiger partial charge in [0.2, 0.25) is 11.8 Å². The first-order valence-electron chi connectivity index (χ1n) is 16.0. The van der Waals surface area contributed by atoms with Crippen LogP contribution in [0.4, 0.5) is 14.4 Å². The third-order valence-corrected chi connectivity index (χ3v) is 8.43. The zero-order valence-electron chi connectivity index (χ0n) is 26.8. The second kappa shape index (κ2) is 19.0. The van der Waals surface area contributed by atoms with Gasteiger partial charge in [0, 0.05) is 64.1 Å². The second-order valence-electron chi connectivity index (χ2n) is 11.3. The van der Waals surface area contributed by atoms with E-state index < -0.39 is 6.04 Å². The number of alkyl halides is 1. The molecule has 1 atom stereocenters. The van der Waals surface area contributed by atoms with Crippen LogP contribution in [0, 0.1) is 0 Å². The topological polar surface area (TPSA) is 143 Å². The Balaban J connectivity index is 0.000000163. The first-order valence-corrected chi connectivity index (χ1v) is 17.1. The number of hydrogen-bond donors (Lipinski definition) is 4. The van der Waals surface area contributed by atoms with Gasteiger partial charge in [-0.1, -0.05) is 107 Å². The molecular formula is C35H42BrN7O5. The molecular weight excluding hydrogens is 678 g/mol. The molecule has 4 aliphatic rings. The van der Waals surface area contributed by atoms with Crippen LogP contribution in [0.3, 0.4) is 0 Å². The van der Waals surface area contributed by atoms with Gasteiger partial charge in [0.1, 0.15) is 6.04 Å². The molecule has 4 saturated heterocycles. The van der Waals surface area contributed by atoms with Gasteiger partial charge in [0.05, 0.1) is 0 Å². The summed E-state index contributed by atoms with van der Waals surface area (Å²) in [5, 5.41) is 11.2. The minimum atomic E-state index is -0.518. The fraction of sp³-hybridized carbons (Fsp3) is 0.343. The minimum absolute atomic E-state index is 0.0452. The Bertz CT molecular complexity index is 1490. The highest BCUT2D eigenvalue weighted by Crippen LogP contribution is 2.20. The summed E-state index contributed by atoms with van der Waals surface area (Å²) in [6.07, 6.45) is 0.703. The van der Waals surface area contributed by atoms with Gasteiger partial charge in [-0.25, -0.2) is 14.4 Å². The minimum Gasteiger partial charge on any atom is -0.336 e. The van der Waals surface area contributed by atoms with Crippen molar-refractivity contribution in [1.82, 2.24) is 36.0 Å². The molecule has 4 fully saturated rings. The predicted octanol–water partition coefficient (Wildman–Crippen LogP) is 3.82. The first-order chi connectivity index (χ1) is 23.3. The average Bonchev–Trinajstić information content (AvgIpc) is 3.85. The van der Waals surface area contributed by atoms with Gasteiger partial charge in [-0.2, -0.15) is 0 Å². The standard InChI is InChI=1S/C15H17N3O3.C10H12N2O.C7H7Br.C3H6N2O/c19-13-7-6-12(14(20)16-13)18-9-8-17(15(18)21)10-11-4-2-1-3-5-11;13-10-11-6-7-12(10)8-9-4-2-1-3-5-9;8-6-7-4-2-1-3-5-7;6-3-4-1-2-5-3/h1-5,12H,6-10H2,(H,16,19,20);1-5H,6-8H2,(H,11,13);1-5H,6H2;1-2H2,(H2,4,5,6). The Morgan fingerprint density at radius 2 is 1.17 bits per heavy atom. The van der Waals surface area contributed by atoms with Gasteiger partial charge < -0.3 is 30.7 Å². The molecule has 7 rings (SSSR count). The highest BCUT2D eigenvalue weighted by Gasteiger charge is 2.39. The molecule has 0 radical (unpaired) electrons. The van der Waals surface area contributed by atoms with Gasteiger partial charge in [-0.3, -0.25) is 14.9 Å². The zero-order chi connectivity index (χ0) is 34.1. The van der Waals surface area contributed by atoms with E-state index in [0.717, 1.165) is 37.1 Å². The van der Waals surface area contributed by atoms with Crippen molar-refractivity contribution in [2.75, 3.05) is 39.3 Å². The SMILES string of the molecule is BrCc1ccccc1.O=C1CCC(N2CCN(Cc3ccccc3)C2=O)C(=O)N1.O=C1NCCN1.O=C1NCCN1Cc1ccccc1. The van der Waals surface area contributed by atoms with Gasteiger partial charge >= 0.3 is 18.1 Å². The average molecular weight is 721 g/mol. The van der Waals surface area contributed by atoms with Crippen LogP contribution in [0.5, 0.6) is 0 Å². The molecule has 0 spiro atoms. The van der Waals surface area contributed by atoms with Gasteiger partial charge in [0.15, 0.2) is 0 Å². The summed E-state index contributed by atoms with van der Waals surface area (Å²) in [6.45, 7) is 5.52. The molecule has 4 N–H and O–H groups in total. The molecule has 254 valence electrons. The summed E-state index contributed by atoms with van der Waals surface area (Å²) in [7, 11) is 0. The Morgan fingerprint density at radius 3 is 1.60 bits per heavy atom. The number of hydrogen-bond acceptors (Lipinski definition) is 5. The van der Waals surface area contributed by atoms with Crippen LogP contribution in [0.2, 0.25) is 0 Å². The van der Waals surface area contributed by atoms with E-state index in [9.17, 15) is 24.0 Å². The lowest BCUT2D eigenvalue weighted by atomic mass is 10.1. The van der Waals surface area contributed by atoms with E-state index in [1.54, 1.807) is 9.80 Å². The first kappa shape index (κ1) is 35.9. The van der Waals surface area contributed by atoms with E-state index >= 15 is 0 Å². The summed E-state index contributed by atoms with van der Waals surface area (Å²) in [6, 6.07) is 29.4. The number of amides is 8. The fourth-order valence-electron chi connectivity index (χ4n) is 5.27. The molecule has 12 nitrogen and oxygen atoms in total. The summed E-state index contributed by atoms with van der Waals surface area (Å²) in [5.74, 6) is -0.620. The maximum absolute atomic E-state index is 12.4. The zero-order valence-corrected chi connectivity index (χ0v) is 28.4. The largest absolute Gasteiger partial charge is 0.336 e. The maximum atomic E-state index is 12.4. The van der Waals surface area contributed by atoms with Crippen molar-refractivity contribution < 1.29 is 24.0 Å². The van der Waals surface area contributed by atoms with Crippen LogP contribution in [0.15, 0.2) is 91.0 Å². The molecule has 0 aromatic heterocycles. The Morgan fingerprint density at radius 1 is 0.625 bits per heavy atom. The van der Waals surface area contributed by atoms with Crippen molar-refractivity contribution in [1.29, 1.82) is 0 Å². The van der Waals surface area contributed by atoms with Crippen LogP contribution < -0.4 is 21.3 Å². The lowest BCUT2D eigenvalue weighted by Gasteiger charge is -2.29. The lowest BCUT2D eigenvalue weighted by Crippen LogP contribution is -2.53. The molecule has 0 bridgehead atoms. The Labute approximate surface area is 289 Å². The van der Waals surface area contributed by atoms with Crippen molar-refractivity contribution in [2.45, 2.75) is 37.3 Å². The van der Waals surface area contributed by atoms with E-state index in [1.807, 2.05) is 83.8 Å². The number of halogens is 1. The normalized spacial score (nSPS) is 18.2. The van der Waals surface area contributed by atoms with Gasteiger partial charge in [-0.15, -0.1) is 0 Å². The summed E-state index contributed by atoms with van der Waals surface area (Å²) >= 11 is 3.36. The predicted molar refractivity (Wildman–Crippen MR) is 186 cm³/mol. The van der Waals surface area contributed by atoms with Crippen molar-refractivity contribution in [2.24, 2.45) is 0 Å². The number of nitrogens with one attached hydrogen (secondary N) is 4. The maximum Gasteiger partial charge on any atom is 0.321 e. The molecule has 4 aliphatic heterocycles. The summed E-state index contributed by atoms with van der Waals surface area (Å²) in [4.78, 5) is 61.8. The van der Waals surface area contributed by atoms with Crippen molar-refractivity contribution in [3.63, 3.8) is 0 Å². The van der Waals surface area contributed by atoms with Crippen LogP contribution in [-0.2, 0) is 28.0 Å². The van der Waals surface area contributed by atoms with Gasteiger partial charge in [0.25, 0.3) is 0 Å². The smallest absolute Gasteiger partial charge is 0.321 e. The Kier molecular flexibility index (Phi) is 14.3. The molecule has 48 heavy (non-hydrogen) atoms. The monoisotopic (exact) mass is 719 g/mol. The third kappa shape index (κ3) is 11.4. The number of nitrogens with zero attached hydrogens (tertiary/aromatic N) is 3. The highest BCUT2D eigenvalue weighted by molar-refractivity contribution is 9.08. The molecule has 3 aromatic rings. The molecule has 1 unspecified atom stereocenters. The quantitative estimate of drug-likeness (QED) is 0.226. The van der Waals surface area contributed by atoms with E-state index in [0.29, 0.717) is 39.0 Å². The number of carbonyl (C=O) groups excluding carboxylic acids is 5. The third-order valence-electron chi connectivity index (χ3n) is 7.78. The van der Waals surface area contributed by atoms with Crippen molar-refractivity contribution in [3.8, 4) is 0 Å². The van der Waals surface area contributed by atoms with E-state index in [4.69, 9.17) is 0 Å². The lowest BCUT2D eigenvalue weighted by molar-refractivity contribution is -0.136. The molecule has 3 aromatic carbocycles. The van der Waals surface area contributed by atoms with Crippen LogP contribution >= 0.6 is 15.9 Å². The van der Waals surface area contributed by atoms with Gasteiger partial charge in [-0.05, 0) is 23.1 Å².